The second kappa shape index (κ2) is 4.00. The van der Waals surface area contributed by atoms with E-state index in [1.807, 2.05) is 0 Å². The number of carbonyl (C=O) groups is 1. The Hall–Kier alpha value is -1.71. The van der Waals surface area contributed by atoms with E-state index in [0.29, 0.717) is 11.3 Å². The van der Waals surface area contributed by atoms with E-state index in [2.05, 4.69) is 5.32 Å². The molecule has 0 heterocycles. The molecular formula is C10H14N2O2. The van der Waals surface area contributed by atoms with Gasteiger partial charge in [0, 0.05) is 21.1 Å². The van der Waals surface area contributed by atoms with Crippen molar-refractivity contribution in [3.05, 3.63) is 23.8 Å². The fourth-order valence-corrected chi connectivity index (χ4v) is 1.22. The van der Waals surface area contributed by atoms with Crippen molar-refractivity contribution in [3.63, 3.8) is 0 Å². The van der Waals surface area contributed by atoms with E-state index >= 15 is 0 Å². The Morgan fingerprint density at radius 3 is 2.57 bits per heavy atom. The van der Waals surface area contributed by atoms with Gasteiger partial charge in [0.1, 0.15) is 5.75 Å². The Bertz CT molecular complexity index is 348. The Labute approximate surface area is 83.2 Å². The number of phenols is 1. The number of anilines is 1. The van der Waals surface area contributed by atoms with Gasteiger partial charge < -0.3 is 15.3 Å². The lowest BCUT2D eigenvalue weighted by Crippen LogP contribution is -2.22. The van der Waals surface area contributed by atoms with Crippen LogP contribution in [0.15, 0.2) is 18.2 Å². The van der Waals surface area contributed by atoms with Crippen molar-refractivity contribution in [2.24, 2.45) is 0 Å². The van der Waals surface area contributed by atoms with Crippen LogP contribution >= 0.6 is 0 Å². The van der Waals surface area contributed by atoms with E-state index in [9.17, 15) is 9.90 Å². The highest BCUT2D eigenvalue weighted by molar-refractivity contribution is 6.00. The summed E-state index contributed by atoms with van der Waals surface area (Å²) in [6.07, 6.45) is 0. The molecule has 0 saturated heterocycles. The predicted molar refractivity (Wildman–Crippen MR) is 55.7 cm³/mol. The van der Waals surface area contributed by atoms with Crippen molar-refractivity contribution in [2.75, 3.05) is 26.5 Å². The van der Waals surface area contributed by atoms with Crippen LogP contribution in [0, 0.1) is 0 Å². The number of hydrogen-bond acceptors (Lipinski definition) is 3. The molecule has 1 aromatic carbocycles. The second-order valence-corrected chi connectivity index (χ2v) is 3.15. The summed E-state index contributed by atoms with van der Waals surface area (Å²) in [4.78, 5) is 13.1. The van der Waals surface area contributed by atoms with E-state index in [0.717, 1.165) is 0 Å². The summed E-state index contributed by atoms with van der Waals surface area (Å²) in [6.45, 7) is 0. The first-order valence-corrected chi connectivity index (χ1v) is 4.29. The number of hydrogen-bond donors (Lipinski definition) is 2. The topological polar surface area (TPSA) is 52.6 Å². The molecule has 0 radical (unpaired) electrons. The van der Waals surface area contributed by atoms with Crippen LogP contribution in [0.1, 0.15) is 10.4 Å². The average molecular weight is 194 g/mol. The number of benzene rings is 1. The summed E-state index contributed by atoms with van der Waals surface area (Å²) in [6, 6.07) is 4.86. The maximum absolute atomic E-state index is 11.7. The van der Waals surface area contributed by atoms with Crippen molar-refractivity contribution in [2.45, 2.75) is 0 Å². The highest BCUT2D eigenvalue weighted by Gasteiger charge is 2.14. The SMILES string of the molecule is CNc1c(O)cccc1C(=O)N(C)C. The molecule has 0 bridgehead atoms. The van der Waals surface area contributed by atoms with Gasteiger partial charge in [0.2, 0.25) is 0 Å². The molecular weight excluding hydrogens is 180 g/mol. The highest BCUT2D eigenvalue weighted by Crippen LogP contribution is 2.27. The van der Waals surface area contributed by atoms with Crippen LogP contribution in [-0.4, -0.2) is 37.1 Å². The van der Waals surface area contributed by atoms with Gasteiger partial charge in [-0.05, 0) is 12.1 Å². The lowest BCUT2D eigenvalue weighted by molar-refractivity contribution is 0.0828. The minimum atomic E-state index is -0.134. The molecule has 2 N–H and O–H groups in total. The molecule has 14 heavy (non-hydrogen) atoms. The number of nitrogens with zero attached hydrogens (tertiary/aromatic N) is 1. The number of phenolic OH excluding ortho intramolecular Hbond substituents is 1. The smallest absolute Gasteiger partial charge is 0.255 e. The molecule has 4 nitrogen and oxygen atoms in total. The van der Waals surface area contributed by atoms with Gasteiger partial charge in [-0.3, -0.25) is 4.79 Å². The maximum atomic E-state index is 11.7. The van der Waals surface area contributed by atoms with Gasteiger partial charge in [-0.1, -0.05) is 6.07 Å². The van der Waals surface area contributed by atoms with E-state index in [-0.39, 0.29) is 11.7 Å². The minimum absolute atomic E-state index is 0.0835. The Morgan fingerprint density at radius 2 is 2.07 bits per heavy atom. The third kappa shape index (κ3) is 1.79. The average Bonchev–Trinajstić information content (AvgIpc) is 2.16. The van der Waals surface area contributed by atoms with Gasteiger partial charge in [0.05, 0.1) is 11.3 Å². The molecule has 0 aliphatic rings. The van der Waals surface area contributed by atoms with Crippen LogP contribution in [0.2, 0.25) is 0 Å². The molecule has 0 saturated carbocycles. The lowest BCUT2D eigenvalue weighted by Gasteiger charge is -2.14. The van der Waals surface area contributed by atoms with Crippen molar-refractivity contribution in [3.8, 4) is 5.75 Å². The molecule has 76 valence electrons. The summed E-state index contributed by atoms with van der Waals surface area (Å²) in [7, 11) is 5.01. The van der Waals surface area contributed by atoms with Crippen molar-refractivity contribution in [1.29, 1.82) is 0 Å². The highest BCUT2D eigenvalue weighted by atomic mass is 16.3. The summed E-state index contributed by atoms with van der Waals surface area (Å²) in [5.74, 6) is -0.0505. The van der Waals surface area contributed by atoms with Gasteiger partial charge >= 0.3 is 0 Å². The quantitative estimate of drug-likeness (QED) is 0.694. The zero-order valence-electron chi connectivity index (χ0n) is 8.53. The number of para-hydroxylation sites is 1. The first kappa shape index (κ1) is 10.4. The standard InChI is InChI=1S/C10H14N2O2/c1-11-9-7(10(14)12(2)3)5-4-6-8(9)13/h4-6,11,13H,1-3H3. The van der Waals surface area contributed by atoms with Crippen LogP contribution in [0.3, 0.4) is 0 Å². The summed E-state index contributed by atoms with van der Waals surface area (Å²) >= 11 is 0. The molecule has 0 aromatic heterocycles. The first-order chi connectivity index (χ1) is 6.57. The van der Waals surface area contributed by atoms with Crippen LogP contribution in [0.5, 0.6) is 5.75 Å². The van der Waals surface area contributed by atoms with E-state index < -0.39 is 0 Å². The van der Waals surface area contributed by atoms with E-state index in [1.54, 1.807) is 33.3 Å². The molecule has 4 heteroatoms. The van der Waals surface area contributed by atoms with Crippen LogP contribution in [-0.2, 0) is 0 Å². The molecule has 1 aromatic rings. The second-order valence-electron chi connectivity index (χ2n) is 3.15. The molecule has 0 aliphatic heterocycles. The lowest BCUT2D eigenvalue weighted by atomic mass is 10.1. The van der Waals surface area contributed by atoms with Gasteiger partial charge in [-0.25, -0.2) is 0 Å². The number of carbonyl (C=O) groups excluding carboxylic acids is 1. The van der Waals surface area contributed by atoms with Gasteiger partial charge in [0.25, 0.3) is 5.91 Å². The van der Waals surface area contributed by atoms with E-state index in [1.165, 1.54) is 11.0 Å². The molecule has 0 spiro atoms. The van der Waals surface area contributed by atoms with Crippen molar-refractivity contribution in [1.82, 2.24) is 4.90 Å². The Kier molecular flexibility index (Phi) is 2.96. The summed E-state index contributed by atoms with van der Waals surface area (Å²) in [5.41, 5.74) is 0.934. The van der Waals surface area contributed by atoms with Crippen molar-refractivity contribution >= 4 is 11.6 Å². The first-order valence-electron chi connectivity index (χ1n) is 4.29. The van der Waals surface area contributed by atoms with Gasteiger partial charge in [-0.15, -0.1) is 0 Å². The molecule has 0 unspecified atom stereocenters. The summed E-state index contributed by atoms with van der Waals surface area (Å²) < 4.78 is 0. The number of aromatic hydroxyl groups is 1. The third-order valence-corrected chi connectivity index (χ3v) is 1.93. The Morgan fingerprint density at radius 1 is 1.43 bits per heavy atom. The van der Waals surface area contributed by atoms with Crippen LogP contribution in [0.4, 0.5) is 5.69 Å². The maximum Gasteiger partial charge on any atom is 0.255 e. The normalized spacial score (nSPS) is 9.64. The number of rotatable bonds is 2. The third-order valence-electron chi connectivity index (χ3n) is 1.93. The largest absolute Gasteiger partial charge is 0.506 e. The zero-order valence-corrected chi connectivity index (χ0v) is 8.53. The molecule has 0 aliphatic carbocycles. The zero-order chi connectivity index (χ0) is 10.7. The number of amides is 1. The van der Waals surface area contributed by atoms with Gasteiger partial charge in [-0.2, -0.15) is 0 Å². The fourth-order valence-electron chi connectivity index (χ4n) is 1.22. The molecule has 0 atom stereocenters. The predicted octanol–water partition coefficient (Wildman–Crippen LogP) is 1.14. The van der Waals surface area contributed by atoms with E-state index in [4.69, 9.17) is 0 Å². The molecule has 1 amide bonds. The molecule has 0 fully saturated rings. The van der Waals surface area contributed by atoms with Gasteiger partial charge in [0.15, 0.2) is 0 Å². The Balaban J connectivity index is 3.20. The molecule has 1 rings (SSSR count). The van der Waals surface area contributed by atoms with Crippen molar-refractivity contribution < 1.29 is 9.90 Å². The van der Waals surface area contributed by atoms with Crippen LogP contribution in [0.25, 0.3) is 0 Å². The minimum Gasteiger partial charge on any atom is -0.506 e. The summed E-state index contributed by atoms with van der Waals surface area (Å²) in [5, 5.41) is 12.3. The fraction of sp³-hybridized carbons (Fsp3) is 0.300. The monoisotopic (exact) mass is 194 g/mol. The number of nitrogens with one attached hydrogen (secondary N) is 1. The van der Waals surface area contributed by atoms with Crippen LogP contribution < -0.4 is 5.32 Å².